The molecule has 0 amide bonds. The molecule has 0 aliphatic heterocycles. The van der Waals surface area contributed by atoms with Crippen LogP contribution in [-0.2, 0) is 0 Å². The van der Waals surface area contributed by atoms with E-state index < -0.39 is 0 Å². The second kappa shape index (κ2) is 6.08. The quantitative estimate of drug-likeness (QED) is 0.753. The van der Waals surface area contributed by atoms with Crippen molar-refractivity contribution in [2.75, 3.05) is 11.1 Å². The van der Waals surface area contributed by atoms with Crippen LogP contribution in [0.4, 0.5) is 17.5 Å². The van der Waals surface area contributed by atoms with Gasteiger partial charge in [-0.05, 0) is 49.6 Å². The fourth-order valence-electron chi connectivity index (χ4n) is 2.63. The second-order valence-electron chi connectivity index (χ2n) is 5.78. The summed E-state index contributed by atoms with van der Waals surface area (Å²) in [6.45, 7) is 6.12. The first kappa shape index (κ1) is 15.0. The molecule has 0 saturated heterocycles. The molecule has 1 aromatic heterocycles. The molecule has 0 aliphatic rings. The van der Waals surface area contributed by atoms with Crippen LogP contribution in [0.2, 0.25) is 0 Å². The van der Waals surface area contributed by atoms with Crippen molar-refractivity contribution in [2.24, 2.45) is 0 Å². The molecular formula is C19H20N4. The van der Waals surface area contributed by atoms with Crippen molar-refractivity contribution in [1.82, 2.24) is 9.97 Å². The largest absolute Gasteiger partial charge is 0.368 e. The Hall–Kier alpha value is -2.88. The predicted molar refractivity (Wildman–Crippen MR) is 95.8 cm³/mol. The Balaban J connectivity index is 1.97. The van der Waals surface area contributed by atoms with Crippen molar-refractivity contribution in [3.8, 4) is 11.1 Å². The van der Waals surface area contributed by atoms with Crippen LogP contribution in [0.15, 0.2) is 48.5 Å². The Morgan fingerprint density at radius 3 is 2.48 bits per heavy atom. The van der Waals surface area contributed by atoms with Crippen LogP contribution in [0.1, 0.15) is 16.8 Å². The first-order valence-electron chi connectivity index (χ1n) is 7.57. The molecule has 3 N–H and O–H groups in total. The highest BCUT2D eigenvalue weighted by Crippen LogP contribution is 2.28. The molecule has 0 bridgehead atoms. The van der Waals surface area contributed by atoms with Crippen molar-refractivity contribution in [2.45, 2.75) is 20.8 Å². The molecule has 4 heteroatoms. The Labute approximate surface area is 136 Å². The summed E-state index contributed by atoms with van der Waals surface area (Å²) in [6.07, 6.45) is 0. The van der Waals surface area contributed by atoms with Crippen LogP contribution in [0.5, 0.6) is 0 Å². The molecule has 4 nitrogen and oxygen atoms in total. The molecule has 0 atom stereocenters. The van der Waals surface area contributed by atoms with Gasteiger partial charge >= 0.3 is 0 Å². The average molecular weight is 304 g/mol. The smallest absolute Gasteiger partial charge is 0.222 e. The van der Waals surface area contributed by atoms with E-state index in [2.05, 4.69) is 65.5 Å². The van der Waals surface area contributed by atoms with Crippen LogP contribution in [-0.4, -0.2) is 9.97 Å². The van der Waals surface area contributed by atoms with Crippen LogP contribution >= 0.6 is 0 Å². The van der Waals surface area contributed by atoms with Gasteiger partial charge in [-0.15, -0.1) is 0 Å². The fraction of sp³-hybridized carbons (Fsp3) is 0.158. The molecule has 116 valence electrons. The second-order valence-corrected chi connectivity index (χ2v) is 5.78. The lowest BCUT2D eigenvalue weighted by Gasteiger charge is -2.12. The molecule has 23 heavy (non-hydrogen) atoms. The van der Waals surface area contributed by atoms with Gasteiger partial charge in [0, 0.05) is 17.4 Å². The minimum atomic E-state index is 0.276. The SMILES string of the molecule is Cc1cccc(-c2cc(Nc3cc(C)nc(N)n3)ccc2C)c1. The highest BCUT2D eigenvalue weighted by atomic mass is 15.1. The molecule has 0 spiro atoms. The number of rotatable bonds is 3. The fourth-order valence-corrected chi connectivity index (χ4v) is 2.63. The highest BCUT2D eigenvalue weighted by Gasteiger charge is 2.06. The summed E-state index contributed by atoms with van der Waals surface area (Å²) in [5, 5.41) is 3.31. The predicted octanol–water partition coefficient (Wildman–Crippen LogP) is 4.39. The van der Waals surface area contributed by atoms with Crippen LogP contribution < -0.4 is 11.1 Å². The summed E-state index contributed by atoms with van der Waals surface area (Å²) in [5.41, 5.74) is 12.4. The summed E-state index contributed by atoms with van der Waals surface area (Å²) >= 11 is 0. The number of hydrogen-bond donors (Lipinski definition) is 2. The van der Waals surface area contributed by atoms with Gasteiger partial charge in [0.2, 0.25) is 5.95 Å². The van der Waals surface area contributed by atoms with E-state index in [0.717, 1.165) is 11.4 Å². The summed E-state index contributed by atoms with van der Waals surface area (Å²) < 4.78 is 0. The lowest BCUT2D eigenvalue weighted by Crippen LogP contribution is -2.01. The van der Waals surface area contributed by atoms with E-state index in [1.807, 2.05) is 19.1 Å². The van der Waals surface area contributed by atoms with Crippen molar-refractivity contribution in [3.63, 3.8) is 0 Å². The number of benzene rings is 2. The number of nitrogens with one attached hydrogen (secondary N) is 1. The summed E-state index contributed by atoms with van der Waals surface area (Å²) in [6, 6.07) is 16.7. The third-order valence-electron chi connectivity index (χ3n) is 3.71. The van der Waals surface area contributed by atoms with E-state index >= 15 is 0 Å². The first-order chi connectivity index (χ1) is 11.0. The van der Waals surface area contributed by atoms with E-state index in [9.17, 15) is 0 Å². The van der Waals surface area contributed by atoms with Crippen molar-refractivity contribution >= 4 is 17.5 Å². The van der Waals surface area contributed by atoms with Gasteiger partial charge in [-0.1, -0.05) is 35.9 Å². The normalized spacial score (nSPS) is 10.6. The number of anilines is 3. The average Bonchev–Trinajstić information content (AvgIpc) is 2.48. The lowest BCUT2D eigenvalue weighted by atomic mass is 9.98. The molecule has 0 saturated carbocycles. The van der Waals surface area contributed by atoms with E-state index in [0.29, 0.717) is 5.82 Å². The van der Waals surface area contributed by atoms with E-state index in [-0.39, 0.29) is 5.95 Å². The summed E-state index contributed by atoms with van der Waals surface area (Å²) in [4.78, 5) is 8.32. The number of nitrogen functional groups attached to an aromatic ring is 1. The van der Waals surface area contributed by atoms with Crippen LogP contribution in [0.3, 0.4) is 0 Å². The molecule has 1 heterocycles. The van der Waals surface area contributed by atoms with Crippen molar-refractivity contribution in [1.29, 1.82) is 0 Å². The molecular weight excluding hydrogens is 284 g/mol. The van der Waals surface area contributed by atoms with Gasteiger partial charge in [-0.2, -0.15) is 4.98 Å². The van der Waals surface area contributed by atoms with Gasteiger partial charge in [0.15, 0.2) is 0 Å². The summed E-state index contributed by atoms with van der Waals surface area (Å²) in [7, 11) is 0. The minimum absolute atomic E-state index is 0.276. The molecule has 0 aliphatic carbocycles. The van der Waals surface area contributed by atoms with Gasteiger partial charge in [0.25, 0.3) is 0 Å². The van der Waals surface area contributed by atoms with Gasteiger partial charge < -0.3 is 11.1 Å². The number of aromatic nitrogens is 2. The van der Waals surface area contributed by atoms with Gasteiger partial charge in [-0.25, -0.2) is 4.98 Å². The van der Waals surface area contributed by atoms with Gasteiger partial charge in [0.1, 0.15) is 5.82 Å². The number of aryl methyl sites for hydroxylation is 3. The Bertz CT molecular complexity index is 835. The van der Waals surface area contributed by atoms with Crippen LogP contribution in [0.25, 0.3) is 11.1 Å². The maximum absolute atomic E-state index is 5.71. The number of nitrogens with zero attached hydrogens (tertiary/aromatic N) is 2. The molecule has 2 aromatic carbocycles. The lowest BCUT2D eigenvalue weighted by molar-refractivity contribution is 1.12. The first-order valence-corrected chi connectivity index (χ1v) is 7.57. The van der Waals surface area contributed by atoms with Crippen molar-refractivity contribution < 1.29 is 0 Å². The Morgan fingerprint density at radius 1 is 0.913 bits per heavy atom. The minimum Gasteiger partial charge on any atom is -0.368 e. The van der Waals surface area contributed by atoms with Gasteiger partial charge in [0.05, 0.1) is 0 Å². The zero-order chi connectivity index (χ0) is 16.4. The number of nitrogens with two attached hydrogens (primary N) is 1. The maximum atomic E-state index is 5.71. The zero-order valence-corrected chi connectivity index (χ0v) is 13.6. The maximum Gasteiger partial charge on any atom is 0.222 e. The molecule has 0 radical (unpaired) electrons. The van der Waals surface area contributed by atoms with E-state index in [1.54, 1.807) is 0 Å². The van der Waals surface area contributed by atoms with E-state index in [1.165, 1.54) is 22.3 Å². The highest BCUT2D eigenvalue weighted by molar-refractivity contribution is 5.73. The molecule has 0 unspecified atom stereocenters. The third-order valence-corrected chi connectivity index (χ3v) is 3.71. The molecule has 0 fully saturated rings. The third kappa shape index (κ3) is 3.48. The van der Waals surface area contributed by atoms with Gasteiger partial charge in [-0.3, -0.25) is 0 Å². The Morgan fingerprint density at radius 2 is 1.74 bits per heavy atom. The standard InChI is InChI=1S/C19H20N4/c1-12-5-4-6-15(9-12)17-11-16(8-7-13(17)2)22-18-10-14(3)21-19(20)23-18/h4-11H,1-3H3,(H3,20,21,22,23). The summed E-state index contributed by atoms with van der Waals surface area (Å²) in [5.74, 6) is 0.979. The van der Waals surface area contributed by atoms with Crippen LogP contribution in [0, 0.1) is 20.8 Å². The molecule has 3 aromatic rings. The topological polar surface area (TPSA) is 63.8 Å². The van der Waals surface area contributed by atoms with Crippen molar-refractivity contribution in [3.05, 3.63) is 65.4 Å². The van der Waals surface area contributed by atoms with E-state index in [4.69, 9.17) is 5.73 Å². The Kier molecular flexibility index (Phi) is 3.98. The zero-order valence-electron chi connectivity index (χ0n) is 13.6. The number of hydrogen-bond acceptors (Lipinski definition) is 4. The molecule has 3 rings (SSSR count). The monoisotopic (exact) mass is 304 g/mol.